The lowest BCUT2D eigenvalue weighted by Crippen LogP contribution is -2.40. The van der Waals surface area contributed by atoms with Gasteiger partial charge >= 0.3 is 22.3 Å². The molecule has 0 bridgehead atoms. The van der Waals surface area contributed by atoms with Crippen molar-refractivity contribution in [3.63, 3.8) is 0 Å². The molecule has 38 heavy (non-hydrogen) atoms. The van der Waals surface area contributed by atoms with Crippen molar-refractivity contribution in [1.29, 1.82) is 0 Å². The van der Waals surface area contributed by atoms with Crippen LogP contribution in [0.2, 0.25) is 0 Å². The number of benzene rings is 3. The standard InChI is InChI=1S/C26H26F4N2O5S/c1-4-17(2)32(25(33)31-21-10-6-19(7-11-21)26(28,29)30)16-18-5-14-23(36-3)24(15-18)37-38(34,35)22-12-8-20(27)9-13-22/h5-15,17H,4,16H2,1-3H3,(H,31,33)/t17-/m1/s1. The molecule has 3 rings (SSSR count). The molecular formula is C26H26F4N2O5S. The molecule has 1 atom stereocenters. The molecule has 0 aliphatic rings. The minimum atomic E-state index is -4.50. The number of carbonyl (C=O) groups is 1. The van der Waals surface area contributed by atoms with Crippen molar-refractivity contribution in [3.8, 4) is 11.5 Å². The molecule has 3 aromatic carbocycles. The van der Waals surface area contributed by atoms with E-state index in [1.54, 1.807) is 13.0 Å². The van der Waals surface area contributed by atoms with Crippen molar-refractivity contribution in [3.05, 3.63) is 83.7 Å². The Balaban J connectivity index is 1.84. The second-order valence-corrected chi connectivity index (χ2v) is 9.91. The summed E-state index contributed by atoms with van der Waals surface area (Å²) in [4.78, 5) is 14.3. The lowest BCUT2D eigenvalue weighted by molar-refractivity contribution is -0.137. The van der Waals surface area contributed by atoms with Gasteiger partial charge in [0.05, 0.1) is 12.7 Å². The van der Waals surface area contributed by atoms with Gasteiger partial charge in [-0.3, -0.25) is 0 Å². The van der Waals surface area contributed by atoms with Gasteiger partial charge in [-0.25, -0.2) is 9.18 Å². The first-order chi connectivity index (χ1) is 17.8. The van der Waals surface area contributed by atoms with Crippen LogP contribution in [0.3, 0.4) is 0 Å². The van der Waals surface area contributed by atoms with Crippen LogP contribution in [0.4, 0.5) is 28.0 Å². The number of nitrogens with zero attached hydrogens (tertiary/aromatic N) is 1. The number of nitrogens with one attached hydrogen (secondary N) is 1. The van der Waals surface area contributed by atoms with Gasteiger partial charge in [0.15, 0.2) is 11.5 Å². The Labute approximate surface area is 218 Å². The van der Waals surface area contributed by atoms with E-state index in [4.69, 9.17) is 8.92 Å². The number of rotatable bonds is 9. The van der Waals surface area contributed by atoms with Crippen LogP contribution < -0.4 is 14.2 Å². The predicted octanol–water partition coefficient (Wildman–Crippen LogP) is 6.45. The maximum absolute atomic E-state index is 13.2. The average molecular weight is 555 g/mol. The lowest BCUT2D eigenvalue weighted by atomic mass is 10.1. The van der Waals surface area contributed by atoms with Crippen LogP contribution in [0.5, 0.6) is 11.5 Å². The number of hydrogen-bond acceptors (Lipinski definition) is 5. The van der Waals surface area contributed by atoms with E-state index in [2.05, 4.69) is 5.32 Å². The van der Waals surface area contributed by atoms with Crippen LogP contribution in [-0.2, 0) is 22.8 Å². The van der Waals surface area contributed by atoms with E-state index in [9.17, 15) is 30.8 Å². The first kappa shape index (κ1) is 28.8. The lowest BCUT2D eigenvalue weighted by Gasteiger charge is -2.29. The summed E-state index contributed by atoms with van der Waals surface area (Å²) in [5.41, 5.74) is -0.158. The highest BCUT2D eigenvalue weighted by Crippen LogP contribution is 2.32. The second kappa shape index (κ2) is 11.7. The summed E-state index contributed by atoms with van der Waals surface area (Å²) in [5.74, 6) is -0.631. The number of halogens is 4. The molecule has 3 aromatic rings. The Bertz CT molecular complexity index is 1360. The molecule has 0 unspecified atom stereocenters. The summed E-state index contributed by atoms with van der Waals surface area (Å²) in [6.07, 6.45) is -3.93. The Morgan fingerprint density at radius 3 is 2.18 bits per heavy atom. The molecular weight excluding hydrogens is 528 g/mol. The van der Waals surface area contributed by atoms with Crippen molar-refractivity contribution in [1.82, 2.24) is 4.90 Å². The first-order valence-electron chi connectivity index (χ1n) is 11.5. The molecule has 7 nitrogen and oxygen atoms in total. The summed E-state index contributed by atoms with van der Waals surface area (Å²) in [7, 11) is -2.99. The largest absolute Gasteiger partial charge is 0.493 e. The zero-order chi connectivity index (χ0) is 28.1. The van der Waals surface area contributed by atoms with E-state index in [1.807, 2.05) is 6.92 Å². The Kier molecular flexibility index (Phi) is 8.87. The third kappa shape index (κ3) is 7.15. The Morgan fingerprint density at radius 1 is 1.00 bits per heavy atom. The number of alkyl halides is 3. The predicted molar refractivity (Wildman–Crippen MR) is 133 cm³/mol. The van der Waals surface area contributed by atoms with E-state index in [1.165, 1.54) is 24.1 Å². The highest BCUT2D eigenvalue weighted by Gasteiger charge is 2.30. The molecule has 0 aliphatic heterocycles. The molecule has 0 heterocycles. The van der Waals surface area contributed by atoms with Crippen LogP contribution in [0.15, 0.2) is 71.6 Å². The van der Waals surface area contributed by atoms with Crippen molar-refractivity contribution in [2.75, 3.05) is 12.4 Å². The van der Waals surface area contributed by atoms with E-state index < -0.39 is 33.7 Å². The van der Waals surface area contributed by atoms with Gasteiger partial charge in [0, 0.05) is 18.3 Å². The third-order valence-corrected chi connectivity index (χ3v) is 6.98. The number of hydrogen-bond donors (Lipinski definition) is 1. The molecule has 0 spiro atoms. The number of amides is 2. The maximum atomic E-state index is 13.2. The van der Waals surface area contributed by atoms with E-state index in [0.717, 1.165) is 48.5 Å². The summed E-state index contributed by atoms with van der Waals surface area (Å²) >= 11 is 0. The minimum absolute atomic E-state index is 0.0262. The first-order valence-corrected chi connectivity index (χ1v) is 12.9. The highest BCUT2D eigenvalue weighted by atomic mass is 32.2. The molecule has 0 aromatic heterocycles. The van der Waals surface area contributed by atoms with Crippen molar-refractivity contribution in [2.45, 2.75) is 43.9 Å². The smallest absolute Gasteiger partial charge is 0.416 e. The summed E-state index contributed by atoms with van der Waals surface area (Å²) in [6.45, 7) is 3.69. The molecule has 0 fully saturated rings. The molecule has 0 radical (unpaired) electrons. The molecule has 1 N–H and O–H groups in total. The average Bonchev–Trinajstić information content (AvgIpc) is 2.86. The number of methoxy groups -OCH3 is 1. The summed E-state index contributed by atoms with van der Waals surface area (Å²) in [6, 6.07) is 11.8. The van der Waals surface area contributed by atoms with Crippen LogP contribution in [0.25, 0.3) is 0 Å². The van der Waals surface area contributed by atoms with Crippen molar-refractivity contribution < 1.29 is 39.7 Å². The highest BCUT2D eigenvalue weighted by molar-refractivity contribution is 7.87. The summed E-state index contributed by atoms with van der Waals surface area (Å²) < 4.78 is 87.7. The van der Waals surface area contributed by atoms with Crippen LogP contribution in [0.1, 0.15) is 31.4 Å². The molecule has 204 valence electrons. The molecule has 2 amide bonds. The molecule has 0 aliphatic carbocycles. The minimum Gasteiger partial charge on any atom is -0.493 e. The normalized spacial score (nSPS) is 12.5. The fourth-order valence-corrected chi connectivity index (χ4v) is 4.37. The van der Waals surface area contributed by atoms with E-state index in [-0.39, 0.29) is 34.7 Å². The molecule has 12 heteroatoms. The Morgan fingerprint density at radius 2 is 1.63 bits per heavy atom. The maximum Gasteiger partial charge on any atom is 0.416 e. The number of urea groups is 1. The second-order valence-electron chi connectivity index (χ2n) is 8.37. The van der Waals surface area contributed by atoms with Crippen LogP contribution >= 0.6 is 0 Å². The zero-order valence-corrected chi connectivity index (χ0v) is 21.6. The SMILES string of the molecule is CC[C@@H](C)N(Cc1ccc(OC)c(OS(=O)(=O)c2ccc(F)cc2)c1)C(=O)Nc1ccc(C(F)(F)F)cc1. The van der Waals surface area contributed by atoms with Crippen molar-refractivity contribution in [2.24, 2.45) is 0 Å². The third-order valence-electron chi connectivity index (χ3n) is 5.73. The number of carbonyl (C=O) groups excluding carboxylic acids is 1. The quantitative estimate of drug-likeness (QED) is 0.243. The van der Waals surface area contributed by atoms with Crippen LogP contribution in [-0.4, -0.2) is 32.5 Å². The monoisotopic (exact) mass is 554 g/mol. The number of anilines is 1. The van der Waals surface area contributed by atoms with Crippen molar-refractivity contribution >= 4 is 21.8 Å². The van der Waals surface area contributed by atoms with Gasteiger partial charge in [0.1, 0.15) is 10.7 Å². The zero-order valence-electron chi connectivity index (χ0n) is 20.8. The van der Waals surface area contributed by atoms with Gasteiger partial charge in [-0.1, -0.05) is 13.0 Å². The molecule has 0 saturated heterocycles. The Hall–Kier alpha value is -3.80. The summed E-state index contributed by atoms with van der Waals surface area (Å²) in [5, 5.41) is 2.59. The topological polar surface area (TPSA) is 84.9 Å². The van der Waals surface area contributed by atoms with E-state index >= 15 is 0 Å². The van der Waals surface area contributed by atoms with Gasteiger partial charge in [-0.15, -0.1) is 0 Å². The van der Waals surface area contributed by atoms with Gasteiger partial charge in [-0.2, -0.15) is 21.6 Å². The number of ether oxygens (including phenoxy) is 1. The van der Waals surface area contributed by atoms with Crippen LogP contribution in [0, 0.1) is 5.82 Å². The van der Waals surface area contributed by atoms with Gasteiger partial charge in [0.25, 0.3) is 0 Å². The van der Waals surface area contributed by atoms with Gasteiger partial charge in [-0.05, 0) is 79.6 Å². The van der Waals surface area contributed by atoms with Gasteiger partial charge in [0.2, 0.25) is 0 Å². The fraction of sp³-hybridized carbons (Fsp3) is 0.269. The van der Waals surface area contributed by atoms with Gasteiger partial charge < -0.3 is 19.1 Å². The van der Waals surface area contributed by atoms with E-state index in [0.29, 0.717) is 12.0 Å². The molecule has 0 saturated carbocycles. The fourth-order valence-electron chi connectivity index (χ4n) is 3.43.